The van der Waals surface area contributed by atoms with E-state index in [0.29, 0.717) is 11.6 Å². The van der Waals surface area contributed by atoms with Crippen molar-refractivity contribution in [1.82, 2.24) is 4.90 Å². The van der Waals surface area contributed by atoms with Crippen molar-refractivity contribution in [1.29, 1.82) is 0 Å². The second kappa shape index (κ2) is 7.46. The number of carbonyl (C=O) groups is 1. The van der Waals surface area contributed by atoms with Crippen LogP contribution in [0.3, 0.4) is 0 Å². The Morgan fingerprint density at radius 1 is 1.16 bits per heavy atom. The van der Waals surface area contributed by atoms with Gasteiger partial charge in [0.25, 0.3) is 0 Å². The van der Waals surface area contributed by atoms with Crippen molar-refractivity contribution in [3.63, 3.8) is 0 Å². The molecule has 1 unspecified atom stereocenters. The van der Waals surface area contributed by atoms with E-state index in [-0.39, 0.29) is 11.9 Å². The molecule has 4 nitrogen and oxygen atoms in total. The molecule has 1 atom stereocenters. The number of halogens is 1. The Morgan fingerprint density at radius 3 is 2.52 bits per heavy atom. The predicted molar refractivity (Wildman–Crippen MR) is 101 cm³/mol. The summed E-state index contributed by atoms with van der Waals surface area (Å²) in [6, 6.07) is 13.5. The summed E-state index contributed by atoms with van der Waals surface area (Å²) in [6.45, 7) is 6.24. The first-order valence-corrected chi connectivity index (χ1v) is 8.82. The lowest BCUT2D eigenvalue weighted by atomic mass is 10.1. The van der Waals surface area contributed by atoms with Crippen LogP contribution in [-0.4, -0.2) is 37.0 Å². The summed E-state index contributed by atoms with van der Waals surface area (Å²) in [4.78, 5) is 17.0. The van der Waals surface area contributed by atoms with Crippen LogP contribution < -0.4 is 9.64 Å². The maximum Gasteiger partial charge on any atom is 0.244 e. The molecule has 1 amide bonds. The van der Waals surface area contributed by atoms with Crippen LogP contribution in [0.2, 0.25) is 5.02 Å². The third-order valence-electron chi connectivity index (χ3n) is 4.78. The molecule has 3 rings (SSSR count). The van der Waals surface area contributed by atoms with Crippen molar-refractivity contribution in [3.05, 3.63) is 58.6 Å². The summed E-state index contributed by atoms with van der Waals surface area (Å²) in [7, 11) is 1.66. The molecule has 1 aliphatic rings. The summed E-state index contributed by atoms with van der Waals surface area (Å²) < 4.78 is 5.20. The minimum Gasteiger partial charge on any atom is -0.497 e. The summed E-state index contributed by atoms with van der Waals surface area (Å²) in [6.07, 6.45) is 0. The maximum atomic E-state index is 12.9. The number of anilines is 1. The Labute approximate surface area is 154 Å². The molecule has 0 saturated carbocycles. The van der Waals surface area contributed by atoms with E-state index in [1.165, 1.54) is 5.56 Å². The number of hydrogen-bond donors (Lipinski definition) is 0. The lowest BCUT2D eigenvalue weighted by Crippen LogP contribution is -2.55. The predicted octanol–water partition coefficient (Wildman–Crippen LogP) is 3.89. The Kier molecular flexibility index (Phi) is 5.30. The average molecular weight is 359 g/mol. The first kappa shape index (κ1) is 17.8. The number of piperazine rings is 1. The van der Waals surface area contributed by atoms with Gasteiger partial charge in [-0.2, -0.15) is 0 Å². The van der Waals surface area contributed by atoms with Crippen LogP contribution in [0.5, 0.6) is 5.75 Å². The zero-order valence-corrected chi connectivity index (χ0v) is 15.6. The van der Waals surface area contributed by atoms with E-state index in [2.05, 4.69) is 4.90 Å². The fraction of sp³-hybridized carbons (Fsp3) is 0.350. The molecule has 0 N–H and O–H groups in total. The zero-order chi connectivity index (χ0) is 18.0. The third-order valence-corrected chi connectivity index (χ3v) is 5.01. The van der Waals surface area contributed by atoms with Crippen LogP contribution in [0.15, 0.2) is 42.5 Å². The van der Waals surface area contributed by atoms with Crippen molar-refractivity contribution < 1.29 is 9.53 Å². The van der Waals surface area contributed by atoms with E-state index >= 15 is 0 Å². The van der Waals surface area contributed by atoms with Gasteiger partial charge < -0.3 is 9.64 Å². The van der Waals surface area contributed by atoms with Gasteiger partial charge in [-0.1, -0.05) is 23.7 Å². The van der Waals surface area contributed by atoms with Crippen molar-refractivity contribution in [3.8, 4) is 5.75 Å². The number of nitrogens with zero attached hydrogens (tertiary/aromatic N) is 2. The number of methoxy groups -OCH3 is 1. The van der Waals surface area contributed by atoms with Gasteiger partial charge in [0, 0.05) is 30.3 Å². The smallest absolute Gasteiger partial charge is 0.244 e. The normalized spacial score (nSPS) is 18.5. The van der Waals surface area contributed by atoms with Crippen LogP contribution in [-0.2, 0) is 11.3 Å². The average Bonchev–Trinajstić information content (AvgIpc) is 2.61. The molecule has 5 heteroatoms. The van der Waals surface area contributed by atoms with Crippen molar-refractivity contribution in [2.75, 3.05) is 25.1 Å². The maximum absolute atomic E-state index is 12.9. The van der Waals surface area contributed by atoms with Gasteiger partial charge in [-0.05, 0) is 55.3 Å². The Morgan fingerprint density at radius 2 is 1.88 bits per heavy atom. The molecule has 0 aliphatic carbocycles. The van der Waals surface area contributed by atoms with E-state index in [0.717, 1.165) is 30.1 Å². The van der Waals surface area contributed by atoms with E-state index < -0.39 is 0 Å². The molecular weight excluding hydrogens is 336 g/mol. The van der Waals surface area contributed by atoms with Gasteiger partial charge in [-0.25, -0.2) is 0 Å². The number of aryl methyl sites for hydroxylation is 1. The highest BCUT2D eigenvalue weighted by molar-refractivity contribution is 6.30. The number of amides is 1. The first-order chi connectivity index (χ1) is 12.0. The fourth-order valence-electron chi connectivity index (χ4n) is 3.26. The Balaban J connectivity index is 1.72. The van der Waals surface area contributed by atoms with Gasteiger partial charge in [0.1, 0.15) is 5.75 Å². The summed E-state index contributed by atoms with van der Waals surface area (Å²) in [5.41, 5.74) is 3.15. The molecule has 25 heavy (non-hydrogen) atoms. The lowest BCUT2D eigenvalue weighted by Gasteiger charge is -2.39. The molecule has 2 aromatic rings. The van der Waals surface area contributed by atoms with Crippen molar-refractivity contribution in [2.24, 2.45) is 0 Å². The number of hydrogen-bond acceptors (Lipinski definition) is 3. The van der Waals surface area contributed by atoms with Gasteiger partial charge in [0.15, 0.2) is 0 Å². The molecule has 1 heterocycles. The summed E-state index contributed by atoms with van der Waals surface area (Å²) >= 11 is 6.04. The fourth-order valence-corrected chi connectivity index (χ4v) is 3.48. The molecule has 0 aromatic heterocycles. The third kappa shape index (κ3) is 3.80. The molecule has 1 fully saturated rings. The molecule has 1 saturated heterocycles. The minimum atomic E-state index is -0.161. The molecule has 1 aliphatic heterocycles. The van der Waals surface area contributed by atoms with E-state index in [4.69, 9.17) is 16.3 Å². The van der Waals surface area contributed by atoms with E-state index in [1.54, 1.807) is 7.11 Å². The topological polar surface area (TPSA) is 32.8 Å². The van der Waals surface area contributed by atoms with Gasteiger partial charge in [0.05, 0.1) is 13.2 Å². The van der Waals surface area contributed by atoms with Crippen LogP contribution in [0.4, 0.5) is 5.69 Å². The highest BCUT2D eigenvalue weighted by atomic mass is 35.5. The SMILES string of the molecule is COc1ccc(CN2CCN(c3ccc(Cl)cc3C)C(=O)C2C)cc1. The second-order valence-electron chi connectivity index (χ2n) is 6.42. The Hall–Kier alpha value is -2.04. The number of ether oxygens (including phenoxy) is 1. The van der Waals surface area contributed by atoms with Crippen LogP contribution >= 0.6 is 11.6 Å². The highest BCUT2D eigenvalue weighted by Gasteiger charge is 2.32. The van der Waals surface area contributed by atoms with E-state index in [9.17, 15) is 4.79 Å². The molecule has 0 radical (unpaired) electrons. The number of carbonyl (C=O) groups excluding carboxylic acids is 1. The van der Waals surface area contributed by atoms with Crippen LogP contribution in [0.25, 0.3) is 0 Å². The van der Waals surface area contributed by atoms with Gasteiger partial charge in [-0.3, -0.25) is 9.69 Å². The molecule has 0 bridgehead atoms. The highest BCUT2D eigenvalue weighted by Crippen LogP contribution is 2.27. The zero-order valence-electron chi connectivity index (χ0n) is 14.8. The molecule has 2 aromatic carbocycles. The molecule has 132 valence electrons. The van der Waals surface area contributed by atoms with E-state index in [1.807, 2.05) is 61.2 Å². The quantitative estimate of drug-likeness (QED) is 0.831. The lowest BCUT2D eigenvalue weighted by molar-refractivity contribution is -0.125. The first-order valence-electron chi connectivity index (χ1n) is 8.44. The monoisotopic (exact) mass is 358 g/mol. The second-order valence-corrected chi connectivity index (χ2v) is 6.85. The minimum absolute atomic E-state index is 0.130. The standard InChI is InChI=1S/C20H23ClN2O2/c1-14-12-17(21)6-9-19(14)23-11-10-22(15(2)20(23)24)13-16-4-7-18(25-3)8-5-16/h4-9,12,15H,10-11,13H2,1-3H3. The van der Waals surface area contributed by atoms with Crippen molar-refractivity contribution >= 4 is 23.2 Å². The molecular formula is C20H23ClN2O2. The summed E-state index contributed by atoms with van der Waals surface area (Å²) in [5, 5.41) is 0.694. The Bertz CT molecular complexity index is 761. The summed E-state index contributed by atoms with van der Waals surface area (Å²) in [5.74, 6) is 0.973. The number of rotatable bonds is 4. The molecule has 0 spiro atoms. The van der Waals surface area contributed by atoms with Gasteiger partial charge in [-0.15, -0.1) is 0 Å². The van der Waals surface area contributed by atoms with Crippen LogP contribution in [0, 0.1) is 6.92 Å². The van der Waals surface area contributed by atoms with Crippen LogP contribution in [0.1, 0.15) is 18.1 Å². The van der Waals surface area contributed by atoms with Crippen molar-refractivity contribution in [2.45, 2.75) is 26.4 Å². The number of benzene rings is 2. The largest absolute Gasteiger partial charge is 0.497 e. The van der Waals surface area contributed by atoms with Gasteiger partial charge in [0.2, 0.25) is 5.91 Å². The van der Waals surface area contributed by atoms with Gasteiger partial charge >= 0.3 is 0 Å².